The van der Waals surface area contributed by atoms with Crippen molar-refractivity contribution in [2.24, 2.45) is 5.73 Å². The molecular weight excluding hydrogens is 476 g/mol. The molecule has 37 heavy (non-hydrogen) atoms. The number of rotatable bonds is 11. The van der Waals surface area contributed by atoms with Crippen molar-refractivity contribution in [1.29, 1.82) is 0 Å². The quantitative estimate of drug-likeness (QED) is 0.363. The molecule has 0 aliphatic carbocycles. The fourth-order valence-electron chi connectivity index (χ4n) is 3.71. The Morgan fingerprint density at radius 1 is 1.03 bits per heavy atom. The van der Waals surface area contributed by atoms with Crippen LogP contribution in [0.5, 0.6) is 5.75 Å². The molecule has 2 rings (SSSR count). The maximum Gasteiger partial charge on any atom is 0.408 e. The van der Waals surface area contributed by atoms with Gasteiger partial charge in [0.15, 0.2) is 0 Å². The zero-order chi connectivity index (χ0) is 27.6. The van der Waals surface area contributed by atoms with Gasteiger partial charge in [-0.2, -0.15) is 0 Å². The Morgan fingerprint density at radius 3 is 2.22 bits per heavy atom. The number of phenols is 1. The molecule has 0 aliphatic heterocycles. The zero-order valence-electron chi connectivity index (χ0n) is 21.7. The number of nitrogens with two attached hydrogens (primary N) is 1. The number of nitrogens with one attached hydrogen (secondary N) is 2. The normalized spacial score (nSPS) is 12.6. The molecule has 10 nitrogen and oxygen atoms in total. The van der Waals surface area contributed by atoms with E-state index >= 15 is 0 Å². The molecule has 0 spiro atoms. The molecule has 0 heterocycles. The van der Waals surface area contributed by atoms with E-state index < -0.39 is 41.5 Å². The van der Waals surface area contributed by atoms with Crippen LogP contribution >= 0.6 is 0 Å². The van der Waals surface area contributed by atoms with Gasteiger partial charge in [-0.25, -0.2) is 4.79 Å². The van der Waals surface area contributed by atoms with Crippen molar-refractivity contribution in [2.75, 3.05) is 6.54 Å². The third-order valence-electron chi connectivity index (χ3n) is 5.39. The number of ether oxygens (including phenoxy) is 1. The Balaban J connectivity index is 2.39. The van der Waals surface area contributed by atoms with Crippen LogP contribution in [0.25, 0.3) is 0 Å². The second kappa shape index (κ2) is 13.3. The Kier molecular flexibility index (Phi) is 10.5. The lowest BCUT2D eigenvalue weighted by Crippen LogP contribution is -2.53. The van der Waals surface area contributed by atoms with Gasteiger partial charge in [-0.3, -0.25) is 14.4 Å². The number of primary amides is 1. The third-order valence-corrected chi connectivity index (χ3v) is 5.39. The predicted molar refractivity (Wildman–Crippen MR) is 138 cm³/mol. The summed E-state index contributed by atoms with van der Waals surface area (Å²) in [6.07, 6.45) is -1.12. The second-order valence-corrected chi connectivity index (χ2v) is 9.49. The molecule has 0 aliphatic rings. The molecule has 0 saturated heterocycles. The Bertz CT molecular complexity index is 1080. The first-order chi connectivity index (χ1) is 17.4. The lowest BCUT2D eigenvalue weighted by atomic mass is 10.0. The fraction of sp³-hybridized carbons (Fsp3) is 0.407. The van der Waals surface area contributed by atoms with Crippen molar-refractivity contribution in [2.45, 2.75) is 64.8 Å². The number of benzene rings is 2. The van der Waals surface area contributed by atoms with Gasteiger partial charge in [0.25, 0.3) is 0 Å². The highest BCUT2D eigenvalue weighted by Gasteiger charge is 2.36. The van der Waals surface area contributed by atoms with E-state index in [4.69, 9.17) is 10.5 Å². The van der Waals surface area contributed by atoms with E-state index in [0.717, 1.165) is 5.56 Å². The number of hydrogen-bond donors (Lipinski definition) is 4. The van der Waals surface area contributed by atoms with Crippen LogP contribution in [0.4, 0.5) is 4.79 Å². The molecule has 0 bridgehead atoms. The Labute approximate surface area is 217 Å². The van der Waals surface area contributed by atoms with Crippen LogP contribution in [0.2, 0.25) is 0 Å². The molecule has 4 amide bonds. The molecule has 10 heteroatoms. The number of aromatic hydroxyl groups is 1. The highest BCUT2D eigenvalue weighted by atomic mass is 16.6. The number of para-hydroxylation sites is 1. The van der Waals surface area contributed by atoms with Crippen LogP contribution in [0.15, 0.2) is 54.6 Å². The van der Waals surface area contributed by atoms with Gasteiger partial charge in [0, 0.05) is 25.1 Å². The monoisotopic (exact) mass is 512 g/mol. The number of amides is 4. The van der Waals surface area contributed by atoms with E-state index in [0.29, 0.717) is 0 Å². The summed E-state index contributed by atoms with van der Waals surface area (Å²) >= 11 is 0. The molecule has 0 aromatic heterocycles. The van der Waals surface area contributed by atoms with Gasteiger partial charge in [-0.15, -0.1) is 0 Å². The first kappa shape index (κ1) is 29.2. The number of phenolic OH excluding ortho intramolecular Hbond substituents is 1. The average Bonchev–Trinajstić information content (AvgIpc) is 2.83. The number of nitrogens with zero attached hydrogens (tertiary/aromatic N) is 1. The smallest absolute Gasteiger partial charge is 0.408 e. The number of carbonyl (C=O) groups is 4. The number of hydrogen-bond acceptors (Lipinski definition) is 6. The van der Waals surface area contributed by atoms with Gasteiger partial charge < -0.3 is 31.1 Å². The van der Waals surface area contributed by atoms with E-state index in [-0.39, 0.29) is 37.2 Å². The van der Waals surface area contributed by atoms with Crippen LogP contribution in [0.3, 0.4) is 0 Å². The SMILES string of the molecule is CCN(C(=O)C(CCC(N)=O)NC(=O)OC(C)(C)C)C(C(=O)NCc1ccccc1)c1ccccc1O. The van der Waals surface area contributed by atoms with E-state index in [9.17, 15) is 24.3 Å². The zero-order valence-corrected chi connectivity index (χ0v) is 21.7. The fourth-order valence-corrected chi connectivity index (χ4v) is 3.71. The highest BCUT2D eigenvalue weighted by Crippen LogP contribution is 2.30. The summed E-state index contributed by atoms with van der Waals surface area (Å²) in [5.41, 5.74) is 5.54. The predicted octanol–water partition coefficient (Wildman–Crippen LogP) is 2.76. The molecule has 5 N–H and O–H groups in total. The van der Waals surface area contributed by atoms with Crippen LogP contribution in [-0.2, 0) is 25.7 Å². The molecule has 0 saturated carbocycles. The molecule has 0 radical (unpaired) electrons. The van der Waals surface area contributed by atoms with E-state index in [1.54, 1.807) is 45.9 Å². The minimum Gasteiger partial charge on any atom is -0.508 e. The topological polar surface area (TPSA) is 151 Å². The first-order valence-electron chi connectivity index (χ1n) is 12.1. The molecule has 2 aromatic rings. The molecule has 2 unspecified atom stereocenters. The molecule has 200 valence electrons. The van der Waals surface area contributed by atoms with E-state index in [1.165, 1.54) is 11.0 Å². The van der Waals surface area contributed by atoms with Crippen molar-refractivity contribution in [3.8, 4) is 5.75 Å². The maximum atomic E-state index is 13.7. The van der Waals surface area contributed by atoms with Crippen molar-refractivity contribution >= 4 is 23.8 Å². The minimum atomic E-state index is -1.21. The van der Waals surface area contributed by atoms with Crippen LogP contribution in [0, 0.1) is 0 Å². The third kappa shape index (κ3) is 9.14. The summed E-state index contributed by atoms with van der Waals surface area (Å²) in [4.78, 5) is 52.4. The van der Waals surface area contributed by atoms with E-state index in [1.807, 2.05) is 30.3 Å². The molecule has 2 atom stereocenters. The van der Waals surface area contributed by atoms with Gasteiger partial charge in [-0.05, 0) is 45.7 Å². The summed E-state index contributed by atoms with van der Waals surface area (Å²) in [6, 6.07) is 13.1. The van der Waals surface area contributed by atoms with Gasteiger partial charge in [0.05, 0.1) is 0 Å². The van der Waals surface area contributed by atoms with Crippen molar-refractivity contribution in [3.63, 3.8) is 0 Å². The molecule has 2 aromatic carbocycles. The van der Waals surface area contributed by atoms with Gasteiger partial charge >= 0.3 is 6.09 Å². The summed E-state index contributed by atoms with van der Waals surface area (Å²) in [7, 11) is 0. The lowest BCUT2D eigenvalue weighted by molar-refractivity contribution is -0.142. The van der Waals surface area contributed by atoms with Gasteiger partial charge in [-0.1, -0.05) is 48.5 Å². The summed E-state index contributed by atoms with van der Waals surface area (Å²) < 4.78 is 5.28. The van der Waals surface area contributed by atoms with Gasteiger partial charge in [0.2, 0.25) is 17.7 Å². The summed E-state index contributed by atoms with van der Waals surface area (Å²) in [5, 5.41) is 15.9. The van der Waals surface area contributed by atoms with Crippen molar-refractivity contribution in [3.05, 3.63) is 65.7 Å². The maximum absolute atomic E-state index is 13.7. The average molecular weight is 513 g/mol. The van der Waals surface area contributed by atoms with Gasteiger partial charge in [0.1, 0.15) is 23.4 Å². The van der Waals surface area contributed by atoms with Crippen molar-refractivity contribution < 1.29 is 29.0 Å². The summed E-state index contributed by atoms with van der Waals surface area (Å²) in [5.74, 6) is -1.96. The van der Waals surface area contributed by atoms with Crippen molar-refractivity contribution in [1.82, 2.24) is 15.5 Å². The largest absolute Gasteiger partial charge is 0.508 e. The van der Waals surface area contributed by atoms with Crippen LogP contribution in [0.1, 0.15) is 57.7 Å². The molecule has 0 fully saturated rings. The Hall–Kier alpha value is -4.08. The van der Waals surface area contributed by atoms with Crippen LogP contribution < -0.4 is 16.4 Å². The number of alkyl carbamates (subject to hydrolysis) is 1. The lowest BCUT2D eigenvalue weighted by Gasteiger charge is -2.34. The summed E-state index contributed by atoms with van der Waals surface area (Å²) in [6.45, 7) is 6.98. The first-order valence-corrected chi connectivity index (χ1v) is 12.1. The number of likely N-dealkylation sites (N-methyl/N-ethyl adjacent to an activating group) is 1. The minimum absolute atomic E-state index is 0.0691. The van der Waals surface area contributed by atoms with E-state index in [2.05, 4.69) is 10.6 Å². The van der Waals surface area contributed by atoms with Crippen LogP contribution in [-0.4, -0.2) is 52.0 Å². The highest BCUT2D eigenvalue weighted by molar-refractivity contribution is 5.92. The standard InChI is InChI=1S/C27H36N4O6/c1-5-31(25(35)20(15-16-22(28)33)30-26(36)37-27(2,3)4)23(19-13-9-10-14-21(19)32)24(34)29-17-18-11-7-6-8-12-18/h6-14,20,23,32H,5,15-17H2,1-4H3,(H2,28,33)(H,29,34)(H,30,36). The number of carbonyl (C=O) groups excluding carboxylic acids is 4. The second-order valence-electron chi connectivity index (χ2n) is 9.49. The molecular formula is C27H36N4O6. The Morgan fingerprint density at radius 2 is 1.65 bits per heavy atom.